The topological polar surface area (TPSA) is 78.9 Å². The maximum atomic E-state index is 12.8. The molecule has 0 radical (unpaired) electrons. The summed E-state index contributed by atoms with van der Waals surface area (Å²) in [5, 5.41) is 0. The largest absolute Gasteiger partial charge is 0.462 e. The van der Waals surface area contributed by atoms with E-state index >= 15 is 0 Å². The number of unbranched alkanes of at least 4 members (excludes halogenated alkanes) is 25. The summed E-state index contributed by atoms with van der Waals surface area (Å²) >= 11 is 0. The number of hydrogen-bond donors (Lipinski definition) is 0. The molecule has 0 N–H and O–H groups in total. The van der Waals surface area contributed by atoms with Crippen LogP contribution in [0.4, 0.5) is 0 Å². The summed E-state index contributed by atoms with van der Waals surface area (Å²) in [6.07, 6.45) is 76.9. The van der Waals surface area contributed by atoms with E-state index in [0.29, 0.717) is 19.3 Å². The molecule has 0 spiro atoms. The zero-order valence-corrected chi connectivity index (χ0v) is 45.8. The van der Waals surface area contributed by atoms with Gasteiger partial charge in [0.1, 0.15) is 13.2 Å². The zero-order valence-electron chi connectivity index (χ0n) is 45.8. The normalized spacial score (nSPS) is 12.8. The van der Waals surface area contributed by atoms with E-state index in [-0.39, 0.29) is 37.5 Å². The highest BCUT2D eigenvalue weighted by molar-refractivity contribution is 5.71. The number of ether oxygens (including phenoxy) is 3. The van der Waals surface area contributed by atoms with Gasteiger partial charge in [-0.15, -0.1) is 0 Å². The monoisotopic (exact) mass is 973 g/mol. The predicted molar refractivity (Wildman–Crippen MR) is 302 cm³/mol. The van der Waals surface area contributed by atoms with Crippen LogP contribution in [-0.2, 0) is 28.6 Å². The zero-order chi connectivity index (χ0) is 50.7. The molecule has 0 aliphatic rings. The molecule has 0 aromatic rings. The van der Waals surface area contributed by atoms with Crippen LogP contribution in [0.25, 0.3) is 0 Å². The van der Waals surface area contributed by atoms with Gasteiger partial charge in [-0.05, 0) is 96.3 Å². The second-order valence-corrected chi connectivity index (χ2v) is 19.2. The van der Waals surface area contributed by atoms with E-state index in [9.17, 15) is 14.4 Å². The summed E-state index contributed by atoms with van der Waals surface area (Å²) in [6, 6.07) is 0. The Bertz CT molecular complexity index is 1400. The van der Waals surface area contributed by atoms with E-state index in [2.05, 4.69) is 118 Å². The van der Waals surface area contributed by atoms with Crippen molar-refractivity contribution in [3.05, 3.63) is 97.2 Å². The first kappa shape index (κ1) is 66.3. The summed E-state index contributed by atoms with van der Waals surface area (Å²) < 4.78 is 16.8. The quantitative estimate of drug-likeness (QED) is 0.0262. The molecule has 6 heteroatoms. The average Bonchev–Trinajstić information content (AvgIpc) is 3.36. The molecule has 400 valence electrons. The molecular weight excluding hydrogens is 865 g/mol. The second-order valence-electron chi connectivity index (χ2n) is 19.2. The van der Waals surface area contributed by atoms with Crippen LogP contribution in [0, 0.1) is 0 Å². The van der Waals surface area contributed by atoms with Crippen LogP contribution >= 0.6 is 0 Å². The molecule has 0 heterocycles. The van der Waals surface area contributed by atoms with Gasteiger partial charge in [-0.3, -0.25) is 14.4 Å². The van der Waals surface area contributed by atoms with Crippen LogP contribution in [-0.4, -0.2) is 37.2 Å². The van der Waals surface area contributed by atoms with Crippen LogP contribution in [0.5, 0.6) is 0 Å². The first-order valence-corrected chi connectivity index (χ1v) is 29.2. The molecule has 0 aliphatic heterocycles. The van der Waals surface area contributed by atoms with Gasteiger partial charge >= 0.3 is 17.9 Å². The van der Waals surface area contributed by atoms with Gasteiger partial charge in [0.05, 0.1) is 0 Å². The molecule has 0 unspecified atom stereocenters. The SMILES string of the molecule is CC/C=C\C/C=C\C/C=C\C/C=C\C/C=C\CCCC(=O)O[C@H](COC(=O)CCCCCC/C=C\C/C=C\C/C=C\CCCCC)COC(=O)CCCCCCCCCCCCCCCCCCCC. The maximum Gasteiger partial charge on any atom is 0.306 e. The fourth-order valence-corrected chi connectivity index (χ4v) is 7.96. The molecule has 0 fully saturated rings. The van der Waals surface area contributed by atoms with Crippen molar-refractivity contribution in [3.8, 4) is 0 Å². The van der Waals surface area contributed by atoms with Crippen molar-refractivity contribution < 1.29 is 28.6 Å². The van der Waals surface area contributed by atoms with Gasteiger partial charge in [-0.25, -0.2) is 0 Å². The molecule has 0 aliphatic carbocycles. The predicted octanol–water partition coefficient (Wildman–Crippen LogP) is 19.7. The Morgan fingerprint density at radius 2 is 0.571 bits per heavy atom. The molecule has 6 nitrogen and oxygen atoms in total. The van der Waals surface area contributed by atoms with Gasteiger partial charge in [-0.1, -0.05) is 253 Å². The highest BCUT2D eigenvalue weighted by atomic mass is 16.6. The Morgan fingerprint density at radius 3 is 0.943 bits per heavy atom. The van der Waals surface area contributed by atoms with Crippen LogP contribution in [0.2, 0.25) is 0 Å². The van der Waals surface area contributed by atoms with Crippen molar-refractivity contribution in [2.75, 3.05) is 13.2 Å². The highest BCUT2D eigenvalue weighted by Crippen LogP contribution is 2.16. The summed E-state index contributed by atoms with van der Waals surface area (Å²) in [7, 11) is 0. The fraction of sp³-hybridized carbons (Fsp3) is 0.703. The molecular formula is C64H108O6. The van der Waals surface area contributed by atoms with Gasteiger partial charge in [0.2, 0.25) is 0 Å². The molecule has 0 amide bonds. The lowest BCUT2D eigenvalue weighted by Gasteiger charge is -2.18. The fourth-order valence-electron chi connectivity index (χ4n) is 7.96. The lowest BCUT2D eigenvalue weighted by atomic mass is 10.0. The molecule has 0 aromatic carbocycles. The lowest BCUT2D eigenvalue weighted by Crippen LogP contribution is -2.30. The highest BCUT2D eigenvalue weighted by Gasteiger charge is 2.19. The molecule has 0 saturated carbocycles. The van der Waals surface area contributed by atoms with Crippen molar-refractivity contribution in [3.63, 3.8) is 0 Å². The van der Waals surface area contributed by atoms with Crippen LogP contribution < -0.4 is 0 Å². The van der Waals surface area contributed by atoms with Crippen LogP contribution in [0.1, 0.15) is 271 Å². The number of carbonyl (C=O) groups is 3. The second kappa shape index (κ2) is 57.9. The molecule has 70 heavy (non-hydrogen) atoms. The standard InChI is InChI=1S/C64H108O6/c1-4-7-10-13-16-19-22-25-28-31-34-36-39-42-45-48-51-54-57-63(66)69-60-61(70-64(67)58-55-52-49-46-43-40-37-33-30-27-24-21-18-15-12-9-6-3)59-68-62(65)56-53-50-47-44-41-38-35-32-29-26-23-20-17-14-11-8-5-2/h9,12,17-18,20-21,26-27,29-30,35,37-38,40,46,49,61H,4-8,10-11,13-16,19,22-25,28,31-34,36,39,41-45,47-48,50-60H2,1-3H3/b12-9-,20-17-,21-18-,29-26-,30-27-,38-35-,40-37-,49-46-/t61-/m1/s1. The third kappa shape index (κ3) is 55.3. The molecule has 0 saturated heterocycles. The third-order valence-electron chi connectivity index (χ3n) is 12.3. The number of rotatable bonds is 52. The Labute approximate surface area is 432 Å². The van der Waals surface area contributed by atoms with E-state index < -0.39 is 6.10 Å². The van der Waals surface area contributed by atoms with Crippen molar-refractivity contribution >= 4 is 17.9 Å². The summed E-state index contributed by atoms with van der Waals surface area (Å²) in [5.74, 6) is -0.982. The Hall–Kier alpha value is -3.67. The van der Waals surface area contributed by atoms with Gasteiger partial charge < -0.3 is 14.2 Å². The summed E-state index contributed by atoms with van der Waals surface area (Å²) in [6.45, 7) is 6.45. The lowest BCUT2D eigenvalue weighted by molar-refractivity contribution is -0.167. The minimum absolute atomic E-state index is 0.106. The number of allylic oxidation sites excluding steroid dienone is 16. The smallest absolute Gasteiger partial charge is 0.306 e. The number of hydrogen-bond acceptors (Lipinski definition) is 6. The first-order valence-electron chi connectivity index (χ1n) is 29.2. The summed E-state index contributed by atoms with van der Waals surface area (Å²) in [5.41, 5.74) is 0. The van der Waals surface area contributed by atoms with Crippen LogP contribution in [0.3, 0.4) is 0 Å². The van der Waals surface area contributed by atoms with E-state index in [0.717, 1.165) is 103 Å². The van der Waals surface area contributed by atoms with Gasteiger partial charge in [-0.2, -0.15) is 0 Å². The van der Waals surface area contributed by atoms with E-state index in [1.54, 1.807) is 0 Å². The minimum Gasteiger partial charge on any atom is -0.462 e. The average molecular weight is 974 g/mol. The Morgan fingerprint density at radius 1 is 0.300 bits per heavy atom. The number of esters is 3. The van der Waals surface area contributed by atoms with Gasteiger partial charge in [0.15, 0.2) is 6.10 Å². The van der Waals surface area contributed by atoms with E-state index in [1.165, 1.54) is 122 Å². The van der Waals surface area contributed by atoms with E-state index in [1.807, 2.05) is 0 Å². The molecule has 0 aromatic heterocycles. The Kier molecular flexibility index (Phi) is 54.9. The molecule has 0 rings (SSSR count). The first-order chi connectivity index (χ1) is 34.5. The van der Waals surface area contributed by atoms with Gasteiger partial charge in [0.25, 0.3) is 0 Å². The molecule has 1 atom stereocenters. The van der Waals surface area contributed by atoms with Crippen molar-refractivity contribution in [1.82, 2.24) is 0 Å². The van der Waals surface area contributed by atoms with Crippen LogP contribution in [0.15, 0.2) is 97.2 Å². The third-order valence-corrected chi connectivity index (χ3v) is 12.3. The minimum atomic E-state index is -0.817. The maximum absolute atomic E-state index is 12.8. The Balaban J connectivity index is 4.49. The molecule has 0 bridgehead atoms. The summed E-state index contributed by atoms with van der Waals surface area (Å²) in [4.78, 5) is 38.2. The van der Waals surface area contributed by atoms with Gasteiger partial charge in [0, 0.05) is 19.3 Å². The van der Waals surface area contributed by atoms with Crippen molar-refractivity contribution in [2.45, 2.75) is 277 Å². The van der Waals surface area contributed by atoms with Crippen molar-refractivity contribution in [1.29, 1.82) is 0 Å². The van der Waals surface area contributed by atoms with Crippen molar-refractivity contribution in [2.24, 2.45) is 0 Å². The number of carbonyl (C=O) groups excluding carboxylic acids is 3. The van der Waals surface area contributed by atoms with E-state index in [4.69, 9.17) is 14.2 Å².